The molecular weight excluding hydrogens is 301 g/mol. The van der Waals surface area contributed by atoms with Crippen LogP contribution in [0.4, 0.5) is 13.2 Å². The van der Waals surface area contributed by atoms with E-state index in [0.29, 0.717) is 13.5 Å². The molecule has 1 heterocycles. The van der Waals surface area contributed by atoms with E-state index in [1.54, 1.807) is 6.92 Å². The van der Waals surface area contributed by atoms with Crippen molar-refractivity contribution in [3.8, 4) is 0 Å². The number of alkyl halides is 3. The number of carboxylic acids is 1. The zero-order valence-electron chi connectivity index (χ0n) is 10.6. The number of carbonyl (C=O) groups excluding carboxylic acids is 1. The second kappa shape index (κ2) is 5.35. The molecule has 1 unspecified atom stereocenters. The summed E-state index contributed by atoms with van der Waals surface area (Å²) in [7, 11) is 0. The fourth-order valence-corrected chi connectivity index (χ4v) is 1.68. The number of halogens is 4. The maximum atomic E-state index is 12.8. The number of nitrogens with zero attached hydrogens (tertiary/aromatic N) is 1. The van der Waals surface area contributed by atoms with Crippen LogP contribution in [0.5, 0.6) is 0 Å². The monoisotopic (exact) mass is 312 g/mol. The Labute approximate surface area is 117 Å². The minimum absolute atomic E-state index is 0.144. The molecule has 1 rings (SSSR count). The number of hydrogen-bond donors (Lipinski definition) is 2. The first kappa shape index (κ1) is 16.4. The minimum Gasteiger partial charge on any atom is -0.479 e. The summed E-state index contributed by atoms with van der Waals surface area (Å²) in [5.74, 6) is -3.36. The Morgan fingerprint density at radius 1 is 1.45 bits per heavy atom. The van der Waals surface area contributed by atoms with Crippen molar-refractivity contribution < 1.29 is 27.9 Å². The lowest BCUT2D eigenvalue weighted by atomic mass is 10.0. The van der Waals surface area contributed by atoms with Crippen molar-refractivity contribution in [3.05, 3.63) is 23.0 Å². The van der Waals surface area contributed by atoms with E-state index in [1.165, 1.54) is 22.1 Å². The SMILES string of the molecule is CCn1cc(Cl)cc1C(=O)NC(C)(C(=O)O)C(F)(F)F. The molecule has 0 aliphatic carbocycles. The van der Waals surface area contributed by atoms with Crippen LogP contribution in [-0.4, -0.2) is 33.3 Å². The van der Waals surface area contributed by atoms with E-state index < -0.39 is 23.6 Å². The van der Waals surface area contributed by atoms with Crippen LogP contribution in [0.15, 0.2) is 12.3 Å². The van der Waals surface area contributed by atoms with Crippen molar-refractivity contribution in [2.75, 3.05) is 0 Å². The van der Waals surface area contributed by atoms with Gasteiger partial charge in [-0.3, -0.25) is 4.79 Å². The number of carbonyl (C=O) groups is 2. The molecule has 9 heteroatoms. The van der Waals surface area contributed by atoms with Gasteiger partial charge in [0, 0.05) is 12.7 Å². The zero-order valence-corrected chi connectivity index (χ0v) is 11.3. The number of aryl methyl sites for hydroxylation is 1. The summed E-state index contributed by atoms with van der Waals surface area (Å²) in [5.41, 5.74) is -3.52. The van der Waals surface area contributed by atoms with Crippen molar-refractivity contribution in [2.24, 2.45) is 0 Å². The van der Waals surface area contributed by atoms with Gasteiger partial charge in [-0.2, -0.15) is 13.2 Å². The molecule has 0 radical (unpaired) electrons. The first-order valence-corrected chi connectivity index (χ1v) is 5.89. The smallest absolute Gasteiger partial charge is 0.422 e. The van der Waals surface area contributed by atoms with E-state index in [-0.39, 0.29) is 10.7 Å². The Kier molecular flexibility index (Phi) is 4.38. The summed E-state index contributed by atoms with van der Waals surface area (Å²) in [5, 5.41) is 10.4. The second-order valence-electron chi connectivity index (χ2n) is 4.21. The Morgan fingerprint density at radius 2 is 2.00 bits per heavy atom. The Bertz CT molecular complexity index is 542. The van der Waals surface area contributed by atoms with Crippen LogP contribution in [0, 0.1) is 0 Å². The number of aliphatic carboxylic acids is 1. The minimum atomic E-state index is -5.14. The zero-order chi connectivity index (χ0) is 15.7. The van der Waals surface area contributed by atoms with Gasteiger partial charge in [0.2, 0.25) is 5.54 Å². The van der Waals surface area contributed by atoms with Crippen LogP contribution < -0.4 is 5.32 Å². The maximum absolute atomic E-state index is 12.8. The molecule has 20 heavy (non-hydrogen) atoms. The highest BCUT2D eigenvalue weighted by atomic mass is 35.5. The van der Waals surface area contributed by atoms with Crippen LogP contribution in [0.25, 0.3) is 0 Å². The molecule has 2 N–H and O–H groups in total. The van der Waals surface area contributed by atoms with Crippen molar-refractivity contribution in [2.45, 2.75) is 32.1 Å². The van der Waals surface area contributed by atoms with Crippen LogP contribution in [0.1, 0.15) is 24.3 Å². The van der Waals surface area contributed by atoms with Crippen LogP contribution in [-0.2, 0) is 11.3 Å². The van der Waals surface area contributed by atoms with Gasteiger partial charge in [-0.15, -0.1) is 0 Å². The summed E-state index contributed by atoms with van der Waals surface area (Å²) in [4.78, 5) is 22.7. The number of rotatable bonds is 4. The van der Waals surface area contributed by atoms with Gasteiger partial charge in [0.05, 0.1) is 5.02 Å². The maximum Gasteiger partial charge on any atom is 0.422 e. The van der Waals surface area contributed by atoms with E-state index in [1.807, 2.05) is 0 Å². The first-order chi connectivity index (χ1) is 9.02. The lowest BCUT2D eigenvalue weighted by Gasteiger charge is -2.28. The lowest BCUT2D eigenvalue weighted by molar-refractivity contribution is -0.203. The van der Waals surface area contributed by atoms with Crippen LogP contribution in [0.3, 0.4) is 0 Å². The van der Waals surface area contributed by atoms with Gasteiger partial charge < -0.3 is 15.0 Å². The third-order valence-corrected chi connectivity index (χ3v) is 3.00. The highest BCUT2D eigenvalue weighted by molar-refractivity contribution is 6.31. The normalized spacial score (nSPS) is 14.7. The molecule has 5 nitrogen and oxygen atoms in total. The molecule has 0 aliphatic heterocycles. The number of hydrogen-bond acceptors (Lipinski definition) is 2. The van der Waals surface area contributed by atoms with Crippen molar-refractivity contribution in [1.82, 2.24) is 9.88 Å². The van der Waals surface area contributed by atoms with Gasteiger partial charge in [-0.05, 0) is 19.9 Å². The quantitative estimate of drug-likeness (QED) is 0.896. The van der Waals surface area contributed by atoms with E-state index in [0.717, 1.165) is 0 Å². The topological polar surface area (TPSA) is 71.3 Å². The predicted octanol–water partition coefficient (Wildman–Crippen LogP) is 2.30. The Balaban J connectivity index is 3.13. The van der Waals surface area contributed by atoms with Crippen LogP contribution in [0.2, 0.25) is 5.02 Å². The summed E-state index contributed by atoms with van der Waals surface area (Å²) in [6, 6.07) is 1.17. The number of amides is 1. The summed E-state index contributed by atoms with van der Waals surface area (Å²) >= 11 is 5.67. The molecule has 1 amide bonds. The van der Waals surface area contributed by atoms with E-state index in [4.69, 9.17) is 16.7 Å². The average Bonchev–Trinajstić information content (AvgIpc) is 2.68. The molecule has 0 aromatic carbocycles. The molecule has 0 bridgehead atoms. The molecule has 0 saturated carbocycles. The standard InChI is InChI=1S/C11H12ClF3N2O3/c1-3-17-5-6(12)4-7(17)8(18)16-10(2,9(19)20)11(13,14)15/h4-5H,3H2,1-2H3,(H,16,18)(H,19,20). The summed E-state index contributed by atoms with van der Waals surface area (Å²) < 4.78 is 39.7. The van der Waals surface area contributed by atoms with Crippen LogP contribution >= 0.6 is 11.6 Å². The molecule has 0 aliphatic rings. The fourth-order valence-electron chi connectivity index (χ4n) is 1.46. The van der Waals surface area contributed by atoms with Gasteiger partial charge in [0.25, 0.3) is 5.91 Å². The Morgan fingerprint density at radius 3 is 2.40 bits per heavy atom. The highest BCUT2D eigenvalue weighted by Crippen LogP contribution is 2.31. The fraction of sp³-hybridized carbons (Fsp3) is 0.455. The molecule has 0 spiro atoms. The molecule has 0 fully saturated rings. The molecule has 1 atom stereocenters. The van der Waals surface area contributed by atoms with Gasteiger partial charge in [-0.25, -0.2) is 4.79 Å². The Hall–Kier alpha value is -1.70. The third-order valence-electron chi connectivity index (χ3n) is 2.79. The van der Waals surface area contributed by atoms with Crippen molar-refractivity contribution in [1.29, 1.82) is 0 Å². The predicted molar refractivity (Wildman–Crippen MR) is 64.7 cm³/mol. The molecule has 1 aromatic rings. The van der Waals surface area contributed by atoms with Gasteiger partial charge in [0.1, 0.15) is 5.69 Å². The number of carboxylic acid groups (broad SMARTS) is 1. The lowest BCUT2D eigenvalue weighted by Crippen LogP contribution is -2.62. The van der Waals surface area contributed by atoms with Gasteiger partial charge in [-0.1, -0.05) is 11.6 Å². The van der Waals surface area contributed by atoms with Gasteiger partial charge in [0.15, 0.2) is 0 Å². The van der Waals surface area contributed by atoms with E-state index >= 15 is 0 Å². The highest BCUT2D eigenvalue weighted by Gasteiger charge is 2.58. The third kappa shape index (κ3) is 2.90. The van der Waals surface area contributed by atoms with E-state index in [2.05, 4.69) is 0 Å². The second-order valence-corrected chi connectivity index (χ2v) is 4.65. The largest absolute Gasteiger partial charge is 0.479 e. The summed E-state index contributed by atoms with van der Waals surface area (Å²) in [6.07, 6.45) is -3.77. The molecular formula is C11H12ClF3N2O3. The van der Waals surface area contributed by atoms with Crippen molar-refractivity contribution in [3.63, 3.8) is 0 Å². The van der Waals surface area contributed by atoms with E-state index in [9.17, 15) is 22.8 Å². The van der Waals surface area contributed by atoms with Gasteiger partial charge >= 0.3 is 12.1 Å². The number of nitrogens with one attached hydrogen (secondary N) is 1. The average molecular weight is 313 g/mol. The number of aromatic nitrogens is 1. The first-order valence-electron chi connectivity index (χ1n) is 5.51. The summed E-state index contributed by atoms with van der Waals surface area (Å²) in [6.45, 7) is 2.34. The molecule has 112 valence electrons. The molecule has 0 saturated heterocycles. The van der Waals surface area contributed by atoms with Crippen molar-refractivity contribution >= 4 is 23.5 Å². The molecule has 1 aromatic heterocycles.